The van der Waals surface area contributed by atoms with Crippen LogP contribution in [0.2, 0.25) is 0 Å². The number of rotatable bonds is 9. The summed E-state index contributed by atoms with van der Waals surface area (Å²) in [7, 11) is 0. The average molecular weight is 273 g/mol. The number of hydrogen-bond acceptors (Lipinski definition) is 4. The minimum absolute atomic E-state index is 0.145. The predicted molar refractivity (Wildman–Crippen MR) is 78.2 cm³/mol. The molecule has 0 aliphatic carbocycles. The summed E-state index contributed by atoms with van der Waals surface area (Å²) in [5.74, 6) is -0.207. The summed E-state index contributed by atoms with van der Waals surface area (Å²) in [4.78, 5) is 12.1. The number of esters is 1. The highest BCUT2D eigenvalue weighted by molar-refractivity contribution is 5.80. The monoisotopic (exact) mass is 273 g/mol. The van der Waals surface area contributed by atoms with E-state index in [0.717, 1.165) is 6.42 Å². The molecule has 0 aromatic carbocycles. The average Bonchev–Trinajstić information content (AvgIpc) is 2.28. The highest BCUT2D eigenvalue weighted by Crippen LogP contribution is 2.18. The first kappa shape index (κ1) is 18.4. The fraction of sp³-hybridized carbons (Fsp3) is 0.933. The Balaban J connectivity index is 4.55. The van der Waals surface area contributed by atoms with Crippen LogP contribution in [0.15, 0.2) is 0 Å². The highest BCUT2D eigenvalue weighted by atomic mass is 16.5. The van der Waals surface area contributed by atoms with Crippen LogP contribution in [0.1, 0.15) is 61.3 Å². The van der Waals surface area contributed by atoms with E-state index in [9.17, 15) is 4.79 Å². The van der Waals surface area contributed by atoms with E-state index in [4.69, 9.17) is 9.47 Å². The van der Waals surface area contributed by atoms with E-state index in [-0.39, 0.29) is 17.6 Å². The minimum Gasteiger partial charge on any atom is -0.465 e. The number of hydrogen-bond donors (Lipinski definition) is 1. The van der Waals surface area contributed by atoms with E-state index in [0.29, 0.717) is 19.6 Å². The van der Waals surface area contributed by atoms with Crippen molar-refractivity contribution in [3.8, 4) is 0 Å². The highest BCUT2D eigenvalue weighted by Gasteiger charge is 2.35. The lowest BCUT2D eigenvalue weighted by atomic mass is 9.97. The van der Waals surface area contributed by atoms with Crippen LogP contribution < -0.4 is 5.32 Å². The summed E-state index contributed by atoms with van der Waals surface area (Å²) >= 11 is 0. The number of ether oxygens (including phenoxy) is 2. The van der Waals surface area contributed by atoms with Crippen LogP contribution in [-0.4, -0.2) is 36.4 Å². The smallest absolute Gasteiger partial charge is 0.326 e. The van der Waals surface area contributed by atoms with Crippen molar-refractivity contribution in [3.05, 3.63) is 0 Å². The molecule has 0 rings (SSSR count). The normalized spacial score (nSPS) is 15.4. The van der Waals surface area contributed by atoms with Crippen LogP contribution in [-0.2, 0) is 14.3 Å². The molecule has 0 saturated heterocycles. The first-order valence-corrected chi connectivity index (χ1v) is 7.25. The number of carbonyl (C=O) groups excluding carboxylic acids is 1. The maximum absolute atomic E-state index is 12.1. The van der Waals surface area contributed by atoms with Crippen LogP contribution in [0.25, 0.3) is 0 Å². The van der Waals surface area contributed by atoms with Crippen molar-refractivity contribution < 1.29 is 14.3 Å². The Morgan fingerprint density at radius 3 is 2.21 bits per heavy atom. The van der Waals surface area contributed by atoms with Crippen LogP contribution in [0.4, 0.5) is 0 Å². The molecular formula is C15H31NO3. The Kier molecular flexibility index (Phi) is 7.60. The van der Waals surface area contributed by atoms with E-state index >= 15 is 0 Å². The molecule has 1 unspecified atom stereocenters. The largest absolute Gasteiger partial charge is 0.465 e. The van der Waals surface area contributed by atoms with Crippen molar-refractivity contribution in [2.24, 2.45) is 0 Å². The molecule has 0 bridgehead atoms. The Labute approximate surface area is 118 Å². The molecule has 0 aromatic rings. The Morgan fingerprint density at radius 1 is 1.21 bits per heavy atom. The van der Waals surface area contributed by atoms with E-state index in [1.807, 2.05) is 27.7 Å². The summed E-state index contributed by atoms with van der Waals surface area (Å²) in [5.41, 5.74) is -0.832. The summed E-state index contributed by atoms with van der Waals surface area (Å²) in [6, 6.07) is 0.216. The molecule has 0 radical (unpaired) electrons. The predicted octanol–water partition coefficient (Wildman–Crippen LogP) is 2.90. The molecule has 19 heavy (non-hydrogen) atoms. The molecule has 0 saturated carbocycles. The zero-order chi connectivity index (χ0) is 15.1. The van der Waals surface area contributed by atoms with Gasteiger partial charge in [-0.1, -0.05) is 6.92 Å². The van der Waals surface area contributed by atoms with Crippen molar-refractivity contribution in [2.75, 3.05) is 13.2 Å². The van der Waals surface area contributed by atoms with Crippen LogP contribution in [0, 0.1) is 0 Å². The topological polar surface area (TPSA) is 47.6 Å². The van der Waals surface area contributed by atoms with Crippen molar-refractivity contribution >= 4 is 5.97 Å². The van der Waals surface area contributed by atoms with Gasteiger partial charge in [-0.3, -0.25) is 10.1 Å². The van der Waals surface area contributed by atoms with Crippen LogP contribution in [0.5, 0.6) is 0 Å². The van der Waals surface area contributed by atoms with Crippen LogP contribution >= 0.6 is 0 Å². The molecule has 1 N–H and O–H groups in total. The van der Waals surface area contributed by atoms with Crippen molar-refractivity contribution in [1.29, 1.82) is 0 Å². The molecule has 4 nitrogen and oxygen atoms in total. The molecule has 0 aliphatic heterocycles. The van der Waals surface area contributed by atoms with Crippen molar-refractivity contribution in [3.63, 3.8) is 0 Å². The van der Waals surface area contributed by atoms with E-state index in [1.54, 1.807) is 0 Å². The molecule has 0 aromatic heterocycles. The zero-order valence-electron chi connectivity index (χ0n) is 13.6. The van der Waals surface area contributed by atoms with Gasteiger partial charge < -0.3 is 9.47 Å². The minimum atomic E-state index is -0.687. The summed E-state index contributed by atoms with van der Waals surface area (Å²) in [5, 5.41) is 3.29. The summed E-state index contributed by atoms with van der Waals surface area (Å²) in [6.45, 7) is 14.9. The van der Waals surface area contributed by atoms with Gasteiger partial charge in [-0.15, -0.1) is 0 Å². The first-order chi connectivity index (χ1) is 8.67. The van der Waals surface area contributed by atoms with Gasteiger partial charge in [-0.25, -0.2) is 0 Å². The van der Waals surface area contributed by atoms with Gasteiger partial charge in [0.1, 0.15) is 5.54 Å². The van der Waals surface area contributed by atoms with Gasteiger partial charge in [-0.2, -0.15) is 0 Å². The lowest BCUT2D eigenvalue weighted by Crippen LogP contribution is -2.54. The molecule has 4 heteroatoms. The molecule has 0 spiro atoms. The molecule has 0 fully saturated rings. The molecule has 1 atom stereocenters. The second kappa shape index (κ2) is 7.85. The van der Waals surface area contributed by atoms with E-state index in [2.05, 4.69) is 26.1 Å². The molecular weight excluding hydrogens is 242 g/mol. The third-order valence-electron chi connectivity index (χ3n) is 3.28. The van der Waals surface area contributed by atoms with Gasteiger partial charge >= 0.3 is 5.97 Å². The fourth-order valence-corrected chi connectivity index (χ4v) is 1.79. The van der Waals surface area contributed by atoms with Gasteiger partial charge in [0, 0.05) is 12.6 Å². The Morgan fingerprint density at radius 2 is 1.79 bits per heavy atom. The Hall–Kier alpha value is -0.610. The van der Waals surface area contributed by atoms with Crippen molar-refractivity contribution in [1.82, 2.24) is 5.32 Å². The summed E-state index contributed by atoms with van der Waals surface area (Å²) < 4.78 is 11.0. The van der Waals surface area contributed by atoms with Crippen LogP contribution in [0.3, 0.4) is 0 Å². The maximum Gasteiger partial charge on any atom is 0.326 e. The van der Waals surface area contributed by atoms with E-state index < -0.39 is 5.54 Å². The second-order valence-corrected chi connectivity index (χ2v) is 6.06. The standard InChI is InChI=1S/C15H31NO3/c1-8-14(5,6)19-11-10-15(7,16-12(3)4)13(17)18-9-2/h12,16H,8-11H2,1-7H3. The van der Waals surface area contributed by atoms with Gasteiger partial charge in [0.05, 0.1) is 12.2 Å². The number of carbonyl (C=O) groups is 1. The summed E-state index contributed by atoms with van der Waals surface area (Å²) in [6.07, 6.45) is 1.55. The van der Waals surface area contributed by atoms with Crippen molar-refractivity contribution in [2.45, 2.75) is 78.5 Å². The molecule has 114 valence electrons. The SMILES string of the molecule is CCOC(=O)C(C)(CCOC(C)(C)CC)NC(C)C. The zero-order valence-corrected chi connectivity index (χ0v) is 13.6. The van der Waals surface area contributed by atoms with E-state index in [1.165, 1.54) is 0 Å². The maximum atomic E-state index is 12.1. The second-order valence-electron chi connectivity index (χ2n) is 6.06. The lowest BCUT2D eigenvalue weighted by Gasteiger charge is -2.32. The fourth-order valence-electron chi connectivity index (χ4n) is 1.79. The van der Waals surface area contributed by atoms with Gasteiger partial charge in [0.15, 0.2) is 0 Å². The van der Waals surface area contributed by atoms with Gasteiger partial charge in [0.25, 0.3) is 0 Å². The molecule has 0 heterocycles. The first-order valence-electron chi connectivity index (χ1n) is 7.25. The molecule has 0 amide bonds. The molecule has 0 aliphatic rings. The lowest BCUT2D eigenvalue weighted by molar-refractivity contribution is -0.152. The quantitative estimate of drug-likeness (QED) is 0.656. The third kappa shape index (κ3) is 6.92. The third-order valence-corrected chi connectivity index (χ3v) is 3.28. The van der Waals surface area contributed by atoms with Gasteiger partial charge in [0.2, 0.25) is 0 Å². The Bertz CT molecular complexity index is 277. The number of nitrogens with one attached hydrogen (secondary N) is 1. The van der Waals surface area contributed by atoms with Gasteiger partial charge in [-0.05, 0) is 54.4 Å².